The molecule has 0 bridgehead atoms. The van der Waals surface area contributed by atoms with E-state index in [1.807, 2.05) is 0 Å². The second kappa shape index (κ2) is 8.10. The van der Waals surface area contributed by atoms with Gasteiger partial charge in [0.05, 0.1) is 0 Å². The van der Waals surface area contributed by atoms with Crippen molar-refractivity contribution in [2.75, 3.05) is 19.6 Å². The van der Waals surface area contributed by atoms with Crippen molar-refractivity contribution in [2.24, 2.45) is 5.92 Å². The molecule has 102 valence electrons. The highest BCUT2D eigenvalue weighted by Crippen LogP contribution is 2.18. The van der Waals surface area contributed by atoms with Gasteiger partial charge in [-0.15, -0.1) is 0 Å². The van der Waals surface area contributed by atoms with Gasteiger partial charge in [-0.1, -0.05) is 26.7 Å². The smallest absolute Gasteiger partial charge is 0.00669 e. The van der Waals surface area contributed by atoms with Crippen LogP contribution in [0.15, 0.2) is 0 Å². The lowest BCUT2D eigenvalue weighted by Crippen LogP contribution is -2.35. The van der Waals surface area contributed by atoms with Crippen molar-refractivity contribution in [3.8, 4) is 0 Å². The van der Waals surface area contributed by atoms with E-state index in [-0.39, 0.29) is 0 Å². The molecule has 0 spiro atoms. The normalized spacial score (nSPS) is 21.9. The third-order valence-corrected chi connectivity index (χ3v) is 4.02. The maximum absolute atomic E-state index is 3.80. The van der Waals surface area contributed by atoms with Gasteiger partial charge in [-0.2, -0.15) is 0 Å². The summed E-state index contributed by atoms with van der Waals surface area (Å²) in [6.07, 6.45) is 6.68. The molecule has 1 aliphatic rings. The SMILES string of the molecule is CCCC(CCC)NCC1CCN(C(C)C)C1. The first-order valence-electron chi connectivity index (χ1n) is 7.64. The minimum absolute atomic E-state index is 0.724. The summed E-state index contributed by atoms with van der Waals surface area (Å²) in [6, 6.07) is 1.49. The van der Waals surface area contributed by atoms with Crippen molar-refractivity contribution in [2.45, 2.75) is 71.9 Å². The van der Waals surface area contributed by atoms with E-state index in [0.29, 0.717) is 0 Å². The number of nitrogens with one attached hydrogen (secondary N) is 1. The van der Waals surface area contributed by atoms with Gasteiger partial charge in [0.25, 0.3) is 0 Å². The van der Waals surface area contributed by atoms with Crippen LogP contribution < -0.4 is 5.32 Å². The van der Waals surface area contributed by atoms with Crippen LogP contribution in [0.5, 0.6) is 0 Å². The molecule has 0 amide bonds. The predicted molar refractivity (Wildman–Crippen MR) is 76.4 cm³/mol. The first kappa shape index (κ1) is 15.0. The predicted octanol–water partition coefficient (Wildman–Crippen LogP) is 3.28. The summed E-state index contributed by atoms with van der Waals surface area (Å²) in [7, 11) is 0. The second-order valence-corrected chi connectivity index (χ2v) is 5.93. The first-order valence-corrected chi connectivity index (χ1v) is 7.64. The van der Waals surface area contributed by atoms with Gasteiger partial charge in [0.15, 0.2) is 0 Å². The molecule has 0 saturated carbocycles. The average molecular weight is 240 g/mol. The standard InChI is InChI=1S/C15H32N2/c1-5-7-15(8-6-2)16-11-14-9-10-17(12-14)13(3)4/h13-16H,5-12H2,1-4H3. The molecule has 2 heteroatoms. The fraction of sp³-hybridized carbons (Fsp3) is 1.00. The summed E-state index contributed by atoms with van der Waals surface area (Å²) in [5.41, 5.74) is 0. The molecule has 0 aromatic heterocycles. The molecular formula is C15H32N2. The van der Waals surface area contributed by atoms with E-state index in [1.165, 1.54) is 51.7 Å². The number of hydrogen-bond donors (Lipinski definition) is 1. The molecule has 1 rings (SSSR count). The lowest BCUT2D eigenvalue weighted by Gasteiger charge is -2.22. The largest absolute Gasteiger partial charge is 0.314 e. The van der Waals surface area contributed by atoms with Gasteiger partial charge in [-0.25, -0.2) is 0 Å². The van der Waals surface area contributed by atoms with Crippen LogP contribution in [-0.2, 0) is 0 Å². The number of nitrogens with zero attached hydrogens (tertiary/aromatic N) is 1. The van der Waals surface area contributed by atoms with Crippen LogP contribution in [0, 0.1) is 5.92 Å². The summed E-state index contributed by atoms with van der Waals surface area (Å²) in [6.45, 7) is 13.0. The van der Waals surface area contributed by atoms with Crippen molar-refractivity contribution in [1.82, 2.24) is 10.2 Å². The van der Waals surface area contributed by atoms with Crippen LogP contribution in [0.1, 0.15) is 59.8 Å². The van der Waals surface area contributed by atoms with Crippen LogP contribution >= 0.6 is 0 Å². The molecule has 1 N–H and O–H groups in total. The third kappa shape index (κ3) is 5.39. The Morgan fingerprint density at radius 3 is 2.29 bits per heavy atom. The third-order valence-electron chi connectivity index (χ3n) is 4.02. The maximum Gasteiger partial charge on any atom is 0.00669 e. The van der Waals surface area contributed by atoms with Crippen molar-refractivity contribution in [1.29, 1.82) is 0 Å². The molecule has 2 nitrogen and oxygen atoms in total. The van der Waals surface area contributed by atoms with Gasteiger partial charge in [0, 0.05) is 18.6 Å². The molecule has 1 heterocycles. The second-order valence-electron chi connectivity index (χ2n) is 5.93. The van der Waals surface area contributed by atoms with E-state index < -0.39 is 0 Å². The summed E-state index contributed by atoms with van der Waals surface area (Å²) >= 11 is 0. The highest BCUT2D eigenvalue weighted by molar-refractivity contribution is 4.80. The van der Waals surface area contributed by atoms with Crippen molar-refractivity contribution in [3.63, 3.8) is 0 Å². The molecule has 1 fully saturated rings. The zero-order chi connectivity index (χ0) is 12.7. The Labute approximate surface area is 108 Å². The summed E-state index contributed by atoms with van der Waals surface area (Å²) in [5, 5.41) is 3.80. The molecule has 17 heavy (non-hydrogen) atoms. The fourth-order valence-electron chi connectivity index (χ4n) is 2.88. The number of hydrogen-bond acceptors (Lipinski definition) is 2. The molecule has 1 aliphatic heterocycles. The minimum Gasteiger partial charge on any atom is -0.314 e. The quantitative estimate of drug-likeness (QED) is 0.700. The van der Waals surface area contributed by atoms with Gasteiger partial charge >= 0.3 is 0 Å². The van der Waals surface area contributed by atoms with Crippen LogP contribution in [-0.4, -0.2) is 36.6 Å². The fourth-order valence-corrected chi connectivity index (χ4v) is 2.88. The van der Waals surface area contributed by atoms with Crippen molar-refractivity contribution >= 4 is 0 Å². The molecule has 1 saturated heterocycles. The Morgan fingerprint density at radius 2 is 1.82 bits per heavy atom. The summed E-state index contributed by atoms with van der Waals surface area (Å²) in [4.78, 5) is 2.61. The van der Waals surface area contributed by atoms with Gasteiger partial charge < -0.3 is 10.2 Å². The van der Waals surface area contributed by atoms with E-state index in [2.05, 4.69) is 37.9 Å². The van der Waals surface area contributed by atoms with Gasteiger partial charge in [0.1, 0.15) is 0 Å². The van der Waals surface area contributed by atoms with Gasteiger partial charge in [0.2, 0.25) is 0 Å². The van der Waals surface area contributed by atoms with Crippen LogP contribution in [0.25, 0.3) is 0 Å². The Kier molecular flexibility index (Phi) is 7.14. The molecule has 0 aromatic rings. The van der Waals surface area contributed by atoms with E-state index in [4.69, 9.17) is 0 Å². The first-order chi connectivity index (χ1) is 8.17. The highest BCUT2D eigenvalue weighted by Gasteiger charge is 2.24. The van der Waals surface area contributed by atoms with Crippen LogP contribution in [0.4, 0.5) is 0 Å². The monoisotopic (exact) mass is 240 g/mol. The molecule has 0 radical (unpaired) electrons. The zero-order valence-corrected chi connectivity index (χ0v) is 12.3. The Hall–Kier alpha value is -0.0800. The van der Waals surface area contributed by atoms with Crippen LogP contribution in [0.3, 0.4) is 0 Å². The van der Waals surface area contributed by atoms with Gasteiger partial charge in [-0.05, 0) is 52.1 Å². The van der Waals surface area contributed by atoms with E-state index in [0.717, 1.165) is 18.0 Å². The van der Waals surface area contributed by atoms with Gasteiger partial charge in [-0.3, -0.25) is 0 Å². The Balaban J connectivity index is 2.21. The topological polar surface area (TPSA) is 15.3 Å². The lowest BCUT2D eigenvalue weighted by molar-refractivity contribution is 0.262. The summed E-state index contributed by atoms with van der Waals surface area (Å²) in [5.74, 6) is 0.883. The summed E-state index contributed by atoms with van der Waals surface area (Å²) < 4.78 is 0. The molecule has 0 aliphatic carbocycles. The van der Waals surface area contributed by atoms with E-state index in [9.17, 15) is 0 Å². The van der Waals surface area contributed by atoms with Crippen LogP contribution in [0.2, 0.25) is 0 Å². The number of likely N-dealkylation sites (tertiary alicyclic amines) is 1. The minimum atomic E-state index is 0.724. The van der Waals surface area contributed by atoms with E-state index in [1.54, 1.807) is 0 Å². The average Bonchev–Trinajstić information content (AvgIpc) is 2.75. The Morgan fingerprint density at radius 1 is 1.18 bits per heavy atom. The van der Waals surface area contributed by atoms with Crippen molar-refractivity contribution < 1.29 is 0 Å². The zero-order valence-electron chi connectivity index (χ0n) is 12.3. The maximum atomic E-state index is 3.80. The molecule has 1 atom stereocenters. The molecule has 0 aromatic carbocycles. The molecular weight excluding hydrogens is 208 g/mol. The van der Waals surface area contributed by atoms with Crippen molar-refractivity contribution in [3.05, 3.63) is 0 Å². The Bertz CT molecular complexity index is 185. The number of rotatable bonds is 8. The molecule has 1 unspecified atom stereocenters. The highest BCUT2D eigenvalue weighted by atomic mass is 15.2. The lowest BCUT2D eigenvalue weighted by atomic mass is 10.0. The van der Waals surface area contributed by atoms with E-state index >= 15 is 0 Å².